The molecular weight excluding hydrogens is 335 g/mol. The maximum Gasteiger partial charge on any atom is 0.416 e. The van der Waals surface area contributed by atoms with Crippen LogP contribution in [-0.4, -0.2) is 12.3 Å². The smallest absolute Gasteiger partial charge is 0.284 e. The van der Waals surface area contributed by atoms with Crippen molar-refractivity contribution in [2.45, 2.75) is 12.6 Å². The van der Waals surface area contributed by atoms with Crippen molar-refractivity contribution in [3.63, 3.8) is 0 Å². The minimum atomic E-state index is -4.32. The lowest BCUT2D eigenvalue weighted by Gasteiger charge is -2.18. The first-order valence-corrected chi connectivity index (χ1v) is 8.43. The zero-order valence-electron chi connectivity index (χ0n) is 13.9. The topological polar surface area (TPSA) is 12.4 Å². The van der Waals surface area contributed by atoms with Crippen LogP contribution in [0.25, 0.3) is 11.1 Å². The van der Waals surface area contributed by atoms with Gasteiger partial charge in [-0.05, 0) is 41.3 Å². The Morgan fingerprint density at radius 2 is 1.42 bits per heavy atom. The summed E-state index contributed by atoms with van der Waals surface area (Å²) in [5.74, 6) is 0. The van der Waals surface area contributed by atoms with Crippen LogP contribution in [0.1, 0.15) is 22.3 Å². The van der Waals surface area contributed by atoms with E-state index >= 15 is 0 Å². The van der Waals surface area contributed by atoms with Crippen LogP contribution in [0.4, 0.5) is 13.2 Å². The summed E-state index contributed by atoms with van der Waals surface area (Å²) in [7, 11) is 0. The van der Waals surface area contributed by atoms with Crippen molar-refractivity contribution in [2.24, 2.45) is 4.99 Å². The molecule has 0 bridgehead atoms. The van der Waals surface area contributed by atoms with Gasteiger partial charge in [0.15, 0.2) is 0 Å². The average molecular weight is 351 g/mol. The fraction of sp³-hybridized carbons (Fsp3) is 0.136. The van der Waals surface area contributed by atoms with Gasteiger partial charge in [0.05, 0.1) is 11.3 Å². The molecule has 1 aliphatic rings. The number of alkyl halides is 3. The first-order chi connectivity index (χ1) is 12.5. The minimum Gasteiger partial charge on any atom is -0.284 e. The van der Waals surface area contributed by atoms with E-state index in [0.717, 1.165) is 53.1 Å². The van der Waals surface area contributed by atoms with Gasteiger partial charge < -0.3 is 0 Å². The van der Waals surface area contributed by atoms with E-state index in [9.17, 15) is 13.2 Å². The van der Waals surface area contributed by atoms with Crippen molar-refractivity contribution >= 4 is 5.71 Å². The summed E-state index contributed by atoms with van der Waals surface area (Å²) in [6.45, 7) is 0.747. The third-order valence-electron chi connectivity index (χ3n) is 4.61. The number of benzene rings is 3. The van der Waals surface area contributed by atoms with E-state index in [-0.39, 0.29) is 0 Å². The molecule has 0 amide bonds. The van der Waals surface area contributed by atoms with Crippen LogP contribution in [0.15, 0.2) is 77.8 Å². The molecule has 130 valence electrons. The van der Waals surface area contributed by atoms with E-state index in [2.05, 4.69) is 6.07 Å². The van der Waals surface area contributed by atoms with Crippen LogP contribution in [0.3, 0.4) is 0 Å². The van der Waals surface area contributed by atoms with Crippen LogP contribution in [0, 0.1) is 0 Å². The number of halogens is 3. The average Bonchev–Trinajstić information content (AvgIpc) is 2.67. The summed E-state index contributed by atoms with van der Waals surface area (Å²) in [5, 5.41) is 0. The van der Waals surface area contributed by atoms with Crippen molar-refractivity contribution < 1.29 is 13.2 Å². The van der Waals surface area contributed by atoms with Crippen LogP contribution in [0.2, 0.25) is 0 Å². The Kier molecular flexibility index (Phi) is 4.11. The molecule has 0 radical (unpaired) electrons. The Morgan fingerprint density at radius 3 is 2.12 bits per heavy atom. The predicted octanol–water partition coefficient (Wildman–Crippen LogP) is 5.77. The summed E-state index contributed by atoms with van der Waals surface area (Å²) >= 11 is 0. The monoisotopic (exact) mass is 351 g/mol. The lowest BCUT2D eigenvalue weighted by molar-refractivity contribution is -0.137. The van der Waals surface area contributed by atoms with Gasteiger partial charge in [0.2, 0.25) is 0 Å². The fourth-order valence-electron chi connectivity index (χ4n) is 3.26. The zero-order valence-corrected chi connectivity index (χ0v) is 13.9. The van der Waals surface area contributed by atoms with Gasteiger partial charge in [-0.1, -0.05) is 54.6 Å². The fourth-order valence-corrected chi connectivity index (χ4v) is 3.26. The molecule has 1 heterocycles. The van der Waals surface area contributed by atoms with E-state index in [1.165, 1.54) is 17.7 Å². The van der Waals surface area contributed by atoms with Gasteiger partial charge in [-0.2, -0.15) is 13.2 Å². The zero-order chi connectivity index (χ0) is 18.1. The minimum absolute atomic E-state index is 0.634. The molecule has 0 unspecified atom stereocenters. The van der Waals surface area contributed by atoms with Gasteiger partial charge in [-0.25, -0.2) is 0 Å². The summed E-state index contributed by atoms with van der Waals surface area (Å²) in [6.07, 6.45) is -3.44. The summed E-state index contributed by atoms with van der Waals surface area (Å²) in [6, 6.07) is 21.3. The molecule has 3 aromatic rings. The Labute approximate surface area is 149 Å². The van der Waals surface area contributed by atoms with Gasteiger partial charge in [0.1, 0.15) is 0 Å². The largest absolute Gasteiger partial charge is 0.416 e. The van der Waals surface area contributed by atoms with Crippen molar-refractivity contribution in [1.82, 2.24) is 0 Å². The lowest BCUT2D eigenvalue weighted by atomic mass is 9.90. The second kappa shape index (κ2) is 6.45. The highest BCUT2D eigenvalue weighted by Crippen LogP contribution is 2.32. The number of hydrogen-bond acceptors (Lipinski definition) is 1. The highest BCUT2D eigenvalue weighted by Gasteiger charge is 2.30. The van der Waals surface area contributed by atoms with Crippen molar-refractivity contribution in [1.29, 1.82) is 0 Å². The Balaban J connectivity index is 1.74. The maximum absolute atomic E-state index is 12.8. The molecule has 0 spiro atoms. The Hall–Kier alpha value is -2.88. The van der Waals surface area contributed by atoms with Crippen LogP contribution in [-0.2, 0) is 12.6 Å². The van der Waals surface area contributed by atoms with Gasteiger partial charge in [-0.15, -0.1) is 0 Å². The molecule has 0 aliphatic carbocycles. The predicted molar refractivity (Wildman–Crippen MR) is 97.5 cm³/mol. The highest BCUT2D eigenvalue weighted by molar-refractivity contribution is 6.14. The van der Waals surface area contributed by atoms with Gasteiger partial charge in [-0.3, -0.25) is 4.99 Å². The molecule has 0 fully saturated rings. The normalized spacial score (nSPS) is 13.9. The second-order valence-electron chi connectivity index (χ2n) is 6.29. The molecule has 1 nitrogen and oxygen atoms in total. The molecule has 4 rings (SSSR count). The Bertz CT molecular complexity index is 955. The standard InChI is InChI=1S/C22H16F3N/c23-22(24,25)19-10-8-15(9-11-19)18-7-6-16-12-13-26-21(20(16)14-18)17-4-2-1-3-5-17/h1-11,14H,12-13H2. The third kappa shape index (κ3) is 3.15. The summed E-state index contributed by atoms with van der Waals surface area (Å²) in [4.78, 5) is 4.69. The van der Waals surface area contributed by atoms with Gasteiger partial charge in [0.25, 0.3) is 0 Å². The molecule has 0 aromatic heterocycles. The molecule has 4 heteroatoms. The van der Waals surface area contributed by atoms with Crippen LogP contribution < -0.4 is 0 Å². The van der Waals surface area contributed by atoms with E-state index < -0.39 is 11.7 Å². The van der Waals surface area contributed by atoms with Gasteiger partial charge in [0, 0.05) is 17.7 Å². The molecule has 0 saturated heterocycles. The lowest BCUT2D eigenvalue weighted by Crippen LogP contribution is -2.14. The second-order valence-corrected chi connectivity index (χ2v) is 6.29. The quantitative estimate of drug-likeness (QED) is 0.556. The molecule has 0 saturated carbocycles. The maximum atomic E-state index is 12.8. The van der Waals surface area contributed by atoms with E-state index in [1.54, 1.807) is 0 Å². The molecule has 3 aromatic carbocycles. The van der Waals surface area contributed by atoms with Gasteiger partial charge >= 0.3 is 6.18 Å². The third-order valence-corrected chi connectivity index (χ3v) is 4.61. The molecule has 0 atom stereocenters. The molecular formula is C22H16F3N. The molecule has 1 aliphatic heterocycles. The van der Waals surface area contributed by atoms with Crippen LogP contribution >= 0.6 is 0 Å². The highest BCUT2D eigenvalue weighted by atomic mass is 19.4. The number of hydrogen-bond donors (Lipinski definition) is 0. The van der Waals surface area contributed by atoms with Crippen LogP contribution in [0.5, 0.6) is 0 Å². The number of rotatable bonds is 2. The summed E-state index contributed by atoms with van der Waals surface area (Å²) in [5.41, 5.74) is 5.29. The van der Waals surface area contributed by atoms with Crippen molar-refractivity contribution in [3.8, 4) is 11.1 Å². The molecule has 26 heavy (non-hydrogen) atoms. The number of fused-ring (bicyclic) bond motifs is 1. The first-order valence-electron chi connectivity index (χ1n) is 8.43. The summed E-state index contributed by atoms with van der Waals surface area (Å²) < 4.78 is 38.3. The SMILES string of the molecule is FC(F)(F)c1ccc(-c2ccc3c(c2)C(c2ccccc2)=NCC3)cc1. The Morgan fingerprint density at radius 1 is 0.731 bits per heavy atom. The number of aliphatic imine (C=N–C) groups is 1. The molecule has 0 N–H and O–H groups in total. The van der Waals surface area contributed by atoms with E-state index in [4.69, 9.17) is 4.99 Å². The van der Waals surface area contributed by atoms with E-state index in [0.29, 0.717) is 0 Å². The first kappa shape index (κ1) is 16.6. The van der Waals surface area contributed by atoms with E-state index in [1.807, 2.05) is 42.5 Å². The van der Waals surface area contributed by atoms with Crippen molar-refractivity contribution in [2.75, 3.05) is 6.54 Å². The number of nitrogens with zero attached hydrogens (tertiary/aromatic N) is 1. The van der Waals surface area contributed by atoms with Crippen molar-refractivity contribution in [3.05, 3.63) is 95.1 Å².